The maximum atomic E-state index is 5.00. The second-order valence-corrected chi connectivity index (χ2v) is 3.76. The topological polar surface area (TPSA) is 31.0 Å². The second-order valence-electron chi connectivity index (χ2n) is 3.76. The van der Waals surface area contributed by atoms with Crippen LogP contribution < -0.4 is 0 Å². The van der Waals surface area contributed by atoms with Gasteiger partial charge in [0.25, 0.3) is 0 Å². The third-order valence-corrected chi connectivity index (χ3v) is 2.24. The van der Waals surface area contributed by atoms with Crippen molar-refractivity contribution in [3.8, 4) is 0 Å². The van der Waals surface area contributed by atoms with Crippen LogP contribution in [0.1, 0.15) is 30.9 Å². The zero-order valence-corrected chi connectivity index (χ0v) is 8.47. The molecule has 0 saturated heterocycles. The van der Waals surface area contributed by atoms with Gasteiger partial charge in [0.15, 0.2) is 0 Å². The highest BCUT2D eigenvalue weighted by molar-refractivity contribution is 5.11. The molecule has 2 rings (SSSR count). The van der Waals surface area contributed by atoms with Gasteiger partial charge in [0.1, 0.15) is 0 Å². The number of nitrogens with zero attached hydrogens (tertiary/aromatic N) is 2. The Kier molecular flexibility index (Phi) is 2.39. The molecule has 3 heteroatoms. The number of aromatic nitrogens is 2. The number of hydrogen-bond acceptors (Lipinski definition) is 2. The summed E-state index contributed by atoms with van der Waals surface area (Å²) in [6, 6.07) is 1.96. The van der Waals surface area contributed by atoms with E-state index in [2.05, 4.69) is 25.1 Å². The normalized spacial score (nSPS) is 11.1. The first-order valence-electron chi connectivity index (χ1n) is 4.79. The average Bonchev–Trinajstić information content (AvgIpc) is 2.75. The molecule has 0 fully saturated rings. The molecule has 0 aliphatic heterocycles. The third-order valence-electron chi connectivity index (χ3n) is 2.24. The first kappa shape index (κ1) is 9.06. The van der Waals surface area contributed by atoms with Gasteiger partial charge in [-0.1, -0.05) is 13.8 Å². The van der Waals surface area contributed by atoms with Crippen molar-refractivity contribution in [2.75, 3.05) is 0 Å². The molecule has 0 unspecified atom stereocenters. The minimum Gasteiger partial charge on any atom is -0.472 e. The number of hydrogen-bond donors (Lipinski definition) is 0. The fourth-order valence-electron chi connectivity index (χ4n) is 1.33. The highest BCUT2D eigenvalue weighted by Gasteiger charge is 2.03. The minimum atomic E-state index is 0.535. The van der Waals surface area contributed by atoms with E-state index in [4.69, 9.17) is 4.42 Å². The summed E-state index contributed by atoms with van der Waals surface area (Å²) in [7, 11) is 0. The van der Waals surface area contributed by atoms with E-state index in [0.29, 0.717) is 5.92 Å². The molecule has 0 amide bonds. The van der Waals surface area contributed by atoms with E-state index < -0.39 is 0 Å². The Morgan fingerprint density at radius 1 is 1.50 bits per heavy atom. The quantitative estimate of drug-likeness (QED) is 0.745. The Bertz CT molecular complexity index is 387. The van der Waals surface area contributed by atoms with Crippen LogP contribution in [0.25, 0.3) is 0 Å². The van der Waals surface area contributed by atoms with E-state index in [0.717, 1.165) is 12.1 Å². The molecule has 2 aromatic rings. The van der Waals surface area contributed by atoms with Gasteiger partial charge in [-0.05, 0) is 17.5 Å². The van der Waals surface area contributed by atoms with E-state index in [1.54, 1.807) is 12.5 Å². The molecule has 0 aromatic carbocycles. The van der Waals surface area contributed by atoms with Gasteiger partial charge in [0, 0.05) is 11.8 Å². The van der Waals surface area contributed by atoms with Crippen LogP contribution in [0.15, 0.2) is 35.4 Å². The fraction of sp³-hybridized carbons (Fsp3) is 0.364. The van der Waals surface area contributed by atoms with Crippen LogP contribution in [0.4, 0.5) is 0 Å². The zero-order valence-electron chi connectivity index (χ0n) is 8.47. The molecule has 0 atom stereocenters. The molecule has 0 radical (unpaired) electrons. The van der Waals surface area contributed by atoms with Crippen molar-refractivity contribution in [2.24, 2.45) is 0 Å². The standard InChI is InChI=1S/C11H14N2O/c1-9(2)11-5-12-13(7-11)6-10-3-4-14-8-10/h3-5,7-9H,6H2,1-2H3. The summed E-state index contributed by atoms with van der Waals surface area (Å²) in [5, 5.41) is 4.29. The smallest absolute Gasteiger partial charge is 0.0953 e. The molecule has 14 heavy (non-hydrogen) atoms. The summed E-state index contributed by atoms with van der Waals surface area (Å²) in [4.78, 5) is 0. The van der Waals surface area contributed by atoms with Gasteiger partial charge in [-0.15, -0.1) is 0 Å². The molecule has 0 saturated carbocycles. The predicted octanol–water partition coefficient (Wildman–Crippen LogP) is 2.65. The summed E-state index contributed by atoms with van der Waals surface area (Å²) in [5.41, 5.74) is 2.41. The van der Waals surface area contributed by atoms with Crippen LogP contribution >= 0.6 is 0 Å². The van der Waals surface area contributed by atoms with E-state index in [9.17, 15) is 0 Å². The van der Waals surface area contributed by atoms with Crippen LogP contribution in [0.5, 0.6) is 0 Å². The summed E-state index contributed by atoms with van der Waals surface area (Å²) < 4.78 is 6.93. The third kappa shape index (κ3) is 1.87. The summed E-state index contributed by atoms with van der Waals surface area (Å²) >= 11 is 0. The lowest BCUT2D eigenvalue weighted by molar-refractivity contribution is 0.559. The Labute approximate surface area is 83.3 Å². The van der Waals surface area contributed by atoms with Crippen molar-refractivity contribution >= 4 is 0 Å². The molecule has 3 nitrogen and oxygen atoms in total. The summed E-state index contributed by atoms with van der Waals surface area (Å²) in [6.45, 7) is 5.11. The maximum absolute atomic E-state index is 5.00. The van der Waals surface area contributed by atoms with Crippen LogP contribution in [-0.4, -0.2) is 9.78 Å². The first-order chi connectivity index (χ1) is 6.75. The molecular weight excluding hydrogens is 176 g/mol. The van der Waals surface area contributed by atoms with Gasteiger partial charge in [-0.2, -0.15) is 5.10 Å². The Hall–Kier alpha value is -1.51. The van der Waals surface area contributed by atoms with Crippen LogP contribution in [0.2, 0.25) is 0 Å². The lowest BCUT2D eigenvalue weighted by Crippen LogP contribution is -1.98. The Balaban J connectivity index is 2.11. The van der Waals surface area contributed by atoms with E-state index in [1.807, 2.05) is 16.9 Å². The van der Waals surface area contributed by atoms with Crippen LogP contribution in [0, 0.1) is 0 Å². The molecule has 0 N–H and O–H groups in total. The van der Waals surface area contributed by atoms with Gasteiger partial charge in [-0.3, -0.25) is 4.68 Å². The molecular formula is C11H14N2O. The van der Waals surface area contributed by atoms with Crippen molar-refractivity contribution in [1.82, 2.24) is 9.78 Å². The van der Waals surface area contributed by atoms with Gasteiger partial charge in [-0.25, -0.2) is 0 Å². The lowest BCUT2D eigenvalue weighted by Gasteiger charge is -1.98. The first-order valence-corrected chi connectivity index (χ1v) is 4.79. The molecule has 2 heterocycles. The monoisotopic (exact) mass is 190 g/mol. The van der Waals surface area contributed by atoms with E-state index in [1.165, 1.54) is 5.56 Å². The van der Waals surface area contributed by atoms with Crippen LogP contribution in [-0.2, 0) is 6.54 Å². The lowest BCUT2D eigenvalue weighted by atomic mass is 10.1. The maximum Gasteiger partial charge on any atom is 0.0953 e. The van der Waals surface area contributed by atoms with Gasteiger partial charge in [0.2, 0.25) is 0 Å². The second kappa shape index (κ2) is 3.70. The van der Waals surface area contributed by atoms with Gasteiger partial charge < -0.3 is 4.42 Å². The highest BCUT2D eigenvalue weighted by atomic mass is 16.3. The van der Waals surface area contributed by atoms with Crippen molar-refractivity contribution in [3.63, 3.8) is 0 Å². The number of rotatable bonds is 3. The highest BCUT2D eigenvalue weighted by Crippen LogP contribution is 2.13. The zero-order chi connectivity index (χ0) is 9.97. The molecule has 0 spiro atoms. The molecule has 0 aliphatic carbocycles. The molecule has 74 valence electrons. The van der Waals surface area contributed by atoms with Crippen LogP contribution in [0.3, 0.4) is 0 Å². The van der Waals surface area contributed by atoms with Crippen molar-refractivity contribution in [1.29, 1.82) is 0 Å². The average molecular weight is 190 g/mol. The largest absolute Gasteiger partial charge is 0.472 e. The van der Waals surface area contributed by atoms with Gasteiger partial charge >= 0.3 is 0 Å². The predicted molar refractivity (Wildman–Crippen MR) is 54.1 cm³/mol. The molecule has 0 aliphatic rings. The Morgan fingerprint density at radius 3 is 2.93 bits per heavy atom. The summed E-state index contributed by atoms with van der Waals surface area (Å²) in [6.07, 6.45) is 7.43. The SMILES string of the molecule is CC(C)c1cnn(Cc2ccoc2)c1. The fourth-order valence-corrected chi connectivity index (χ4v) is 1.33. The van der Waals surface area contributed by atoms with E-state index >= 15 is 0 Å². The van der Waals surface area contributed by atoms with Crippen molar-refractivity contribution in [2.45, 2.75) is 26.3 Å². The number of furan rings is 1. The van der Waals surface area contributed by atoms with Gasteiger partial charge in [0.05, 0.1) is 25.3 Å². The summed E-state index contributed by atoms with van der Waals surface area (Å²) in [5.74, 6) is 0.535. The Morgan fingerprint density at radius 2 is 2.36 bits per heavy atom. The molecule has 0 bridgehead atoms. The molecule has 2 aromatic heterocycles. The van der Waals surface area contributed by atoms with E-state index in [-0.39, 0.29) is 0 Å². The van der Waals surface area contributed by atoms with Crippen molar-refractivity contribution < 1.29 is 4.42 Å². The minimum absolute atomic E-state index is 0.535. The van der Waals surface area contributed by atoms with Crippen molar-refractivity contribution in [3.05, 3.63) is 42.1 Å².